The summed E-state index contributed by atoms with van der Waals surface area (Å²) in [7, 11) is 0. The predicted molar refractivity (Wildman–Crippen MR) is 74.5 cm³/mol. The van der Waals surface area contributed by atoms with Crippen LogP contribution in [-0.4, -0.2) is 29.9 Å². The molecule has 0 radical (unpaired) electrons. The maximum Gasteiger partial charge on any atom is 0.255 e. The van der Waals surface area contributed by atoms with Crippen molar-refractivity contribution in [2.75, 3.05) is 13.1 Å². The lowest BCUT2D eigenvalue weighted by molar-refractivity contribution is 0.0747. The zero-order valence-corrected chi connectivity index (χ0v) is 11.4. The summed E-state index contributed by atoms with van der Waals surface area (Å²) in [4.78, 5) is 15.0. The Labute approximate surface area is 116 Å². The summed E-state index contributed by atoms with van der Waals surface area (Å²) in [5, 5.41) is 10.5. The molecular weight excluding hydrogens is 258 g/mol. The van der Waals surface area contributed by atoms with E-state index in [4.69, 9.17) is 11.0 Å². The van der Waals surface area contributed by atoms with Crippen LogP contribution in [0.2, 0.25) is 0 Å². The Morgan fingerprint density at radius 1 is 1.58 bits per heavy atom. The monoisotopic (exact) mass is 273 g/mol. The fraction of sp³-hybridized carbons (Fsp3) is 0.429. The highest BCUT2D eigenvalue weighted by Gasteiger charge is 2.32. The topological polar surface area (TPSA) is 70.1 Å². The highest BCUT2D eigenvalue weighted by Crippen LogP contribution is 2.29. The summed E-state index contributed by atoms with van der Waals surface area (Å²) in [6.45, 7) is 0.831. The van der Waals surface area contributed by atoms with Crippen molar-refractivity contribution < 1.29 is 4.79 Å². The molecule has 1 saturated carbocycles. The standard InChI is InChI=1S/C14H15N3OS/c15-6-1-3-13-9-11(10-19-13)14(18)17(8-2-7-16)12-4-5-12/h9-10,12H,2,4-6,8,15H2. The van der Waals surface area contributed by atoms with Crippen molar-refractivity contribution in [3.8, 4) is 17.9 Å². The van der Waals surface area contributed by atoms with Crippen molar-refractivity contribution in [3.05, 3.63) is 21.9 Å². The molecule has 5 heteroatoms. The van der Waals surface area contributed by atoms with Gasteiger partial charge in [-0.15, -0.1) is 11.3 Å². The van der Waals surface area contributed by atoms with Crippen molar-refractivity contribution in [3.63, 3.8) is 0 Å². The lowest BCUT2D eigenvalue weighted by Crippen LogP contribution is -2.33. The minimum atomic E-state index is 0.00907. The molecule has 1 aliphatic carbocycles. The van der Waals surface area contributed by atoms with Crippen LogP contribution >= 0.6 is 11.3 Å². The largest absolute Gasteiger partial charge is 0.335 e. The van der Waals surface area contributed by atoms with Gasteiger partial charge < -0.3 is 10.6 Å². The summed E-state index contributed by atoms with van der Waals surface area (Å²) >= 11 is 1.45. The highest BCUT2D eigenvalue weighted by molar-refractivity contribution is 7.10. The normalized spacial score (nSPS) is 13.3. The molecule has 2 rings (SSSR count). The number of hydrogen-bond donors (Lipinski definition) is 1. The van der Waals surface area contributed by atoms with E-state index in [-0.39, 0.29) is 5.91 Å². The second-order valence-corrected chi connectivity index (χ2v) is 5.25. The SMILES string of the molecule is N#CCCN(C(=O)c1csc(C#CCN)c1)C1CC1. The maximum absolute atomic E-state index is 12.4. The van der Waals surface area contributed by atoms with Gasteiger partial charge in [-0.05, 0) is 18.9 Å². The van der Waals surface area contributed by atoms with Gasteiger partial charge in [-0.25, -0.2) is 0 Å². The molecule has 0 aliphatic heterocycles. The van der Waals surface area contributed by atoms with Gasteiger partial charge in [0.15, 0.2) is 0 Å². The number of nitriles is 1. The Bertz CT molecular complexity index is 557. The Morgan fingerprint density at radius 2 is 2.37 bits per heavy atom. The van der Waals surface area contributed by atoms with Gasteiger partial charge in [-0.1, -0.05) is 11.8 Å². The molecule has 1 fully saturated rings. The first-order valence-corrected chi connectivity index (χ1v) is 7.09. The summed E-state index contributed by atoms with van der Waals surface area (Å²) in [5.41, 5.74) is 5.98. The van der Waals surface area contributed by atoms with E-state index in [2.05, 4.69) is 17.9 Å². The van der Waals surface area contributed by atoms with Gasteiger partial charge in [-0.3, -0.25) is 4.79 Å². The minimum Gasteiger partial charge on any atom is -0.335 e. The molecule has 0 atom stereocenters. The molecule has 4 nitrogen and oxygen atoms in total. The first-order chi connectivity index (χ1) is 9.26. The second-order valence-electron chi connectivity index (χ2n) is 4.34. The Kier molecular flexibility index (Phi) is 4.57. The van der Waals surface area contributed by atoms with Crippen LogP contribution in [0.15, 0.2) is 11.4 Å². The van der Waals surface area contributed by atoms with Crippen LogP contribution in [0.25, 0.3) is 0 Å². The third-order valence-corrected chi connectivity index (χ3v) is 3.72. The average Bonchev–Trinajstić information content (AvgIpc) is 3.14. The highest BCUT2D eigenvalue weighted by atomic mass is 32.1. The van der Waals surface area contributed by atoms with E-state index < -0.39 is 0 Å². The van der Waals surface area contributed by atoms with Crippen molar-refractivity contribution in [2.24, 2.45) is 5.73 Å². The minimum absolute atomic E-state index is 0.00907. The molecule has 1 amide bonds. The van der Waals surface area contributed by atoms with E-state index in [1.54, 1.807) is 6.07 Å². The van der Waals surface area contributed by atoms with Crippen LogP contribution in [0.5, 0.6) is 0 Å². The molecule has 1 heterocycles. The summed E-state index contributed by atoms with van der Waals surface area (Å²) < 4.78 is 0. The number of hydrogen-bond acceptors (Lipinski definition) is 4. The molecule has 98 valence electrons. The quantitative estimate of drug-likeness (QED) is 0.847. The summed E-state index contributed by atoms with van der Waals surface area (Å²) in [6.07, 6.45) is 2.47. The van der Waals surface area contributed by atoms with Crippen LogP contribution in [-0.2, 0) is 0 Å². The fourth-order valence-electron chi connectivity index (χ4n) is 1.82. The maximum atomic E-state index is 12.4. The molecule has 0 aromatic carbocycles. The van der Waals surface area contributed by atoms with E-state index in [0.717, 1.165) is 17.7 Å². The van der Waals surface area contributed by atoms with Gasteiger partial charge >= 0.3 is 0 Å². The van der Waals surface area contributed by atoms with Crippen molar-refractivity contribution in [1.82, 2.24) is 4.90 Å². The Balaban J connectivity index is 2.08. The molecule has 0 spiro atoms. The molecule has 0 bridgehead atoms. The van der Waals surface area contributed by atoms with Gasteiger partial charge in [0.05, 0.1) is 29.5 Å². The lowest BCUT2D eigenvalue weighted by atomic mass is 10.2. The number of thiophene rings is 1. The van der Waals surface area contributed by atoms with E-state index in [9.17, 15) is 4.79 Å². The number of carbonyl (C=O) groups excluding carboxylic acids is 1. The Hall–Kier alpha value is -1.82. The number of nitrogens with zero attached hydrogens (tertiary/aromatic N) is 2. The zero-order chi connectivity index (χ0) is 13.7. The Morgan fingerprint density at radius 3 is 3.00 bits per heavy atom. The van der Waals surface area contributed by atoms with E-state index in [1.807, 2.05) is 10.3 Å². The smallest absolute Gasteiger partial charge is 0.255 e. The second kappa shape index (κ2) is 6.38. The number of carbonyl (C=O) groups is 1. The van der Waals surface area contributed by atoms with Crippen LogP contribution in [0, 0.1) is 23.2 Å². The zero-order valence-electron chi connectivity index (χ0n) is 10.6. The molecule has 0 unspecified atom stereocenters. The average molecular weight is 273 g/mol. The first kappa shape index (κ1) is 13.6. The molecule has 1 aliphatic rings. The van der Waals surface area contributed by atoms with Crippen LogP contribution in [0.1, 0.15) is 34.5 Å². The van der Waals surface area contributed by atoms with E-state index in [0.29, 0.717) is 31.1 Å². The van der Waals surface area contributed by atoms with E-state index >= 15 is 0 Å². The molecule has 1 aromatic heterocycles. The van der Waals surface area contributed by atoms with Crippen molar-refractivity contribution in [1.29, 1.82) is 5.26 Å². The van der Waals surface area contributed by atoms with Crippen molar-refractivity contribution in [2.45, 2.75) is 25.3 Å². The third kappa shape index (κ3) is 3.57. The molecule has 1 aromatic rings. The molecule has 0 saturated heterocycles. The van der Waals surface area contributed by atoms with Gasteiger partial charge in [0.1, 0.15) is 0 Å². The van der Waals surface area contributed by atoms with Gasteiger partial charge in [0, 0.05) is 18.0 Å². The lowest BCUT2D eigenvalue weighted by Gasteiger charge is -2.20. The van der Waals surface area contributed by atoms with Crippen LogP contribution < -0.4 is 5.73 Å². The summed E-state index contributed by atoms with van der Waals surface area (Å²) in [5.74, 6) is 5.71. The van der Waals surface area contributed by atoms with Gasteiger partial charge in [-0.2, -0.15) is 5.26 Å². The summed E-state index contributed by atoms with van der Waals surface area (Å²) in [6, 6.07) is 4.21. The molecule has 19 heavy (non-hydrogen) atoms. The van der Waals surface area contributed by atoms with Crippen LogP contribution in [0.4, 0.5) is 0 Å². The van der Waals surface area contributed by atoms with Gasteiger partial charge in [0.25, 0.3) is 5.91 Å². The van der Waals surface area contributed by atoms with E-state index in [1.165, 1.54) is 11.3 Å². The van der Waals surface area contributed by atoms with Gasteiger partial charge in [0.2, 0.25) is 0 Å². The fourth-order valence-corrected chi connectivity index (χ4v) is 2.57. The number of nitrogens with two attached hydrogens (primary N) is 1. The molecule has 2 N–H and O–H groups in total. The number of rotatable bonds is 4. The van der Waals surface area contributed by atoms with Crippen LogP contribution in [0.3, 0.4) is 0 Å². The predicted octanol–water partition coefficient (Wildman–Crippen LogP) is 1.58. The number of amides is 1. The first-order valence-electron chi connectivity index (χ1n) is 6.21. The van der Waals surface area contributed by atoms with Crippen molar-refractivity contribution >= 4 is 17.2 Å². The third-order valence-electron chi connectivity index (χ3n) is 2.87. The molecular formula is C14H15N3OS.